The number of aryl methyl sites for hydroxylation is 1. The molecule has 4 heteroatoms. The van der Waals surface area contributed by atoms with E-state index >= 15 is 0 Å². The van der Waals surface area contributed by atoms with E-state index in [9.17, 15) is 0 Å². The molecule has 2 aromatic heterocycles. The Kier molecular flexibility index (Phi) is 2.15. The molecule has 0 atom stereocenters. The minimum Gasteiger partial charge on any atom is -0.0869 e. The molecule has 2 heterocycles. The number of rotatable bonds is 1. The highest BCUT2D eigenvalue weighted by Crippen LogP contribution is 2.16. The van der Waals surface area contributed by atoms with Crippen LogP contribution in [0.1, 0.15) is 5.69 Å². The third-order valence-corrected chi connectivity index (χ3v) is 3.06. The Bertz CT molecular complexity index is 631. The van der Waals surface area contributed by atoms with Gasteiger partial charge < -0.3 is 0 Å². The van der Waals surface area contributed by atoms with E-state index in [4.69, 9.17) is 0 Å². The second kappa shape index (κ2) is 3.64. The Labute approximate surface area is 97.2 Å². The molecule has 0 aliphatic rings. The quantitative estimate of drug-likeness (QED) is 0.598. The third kappa shape index (κ3) is 1.47. The van der Waals surface area contributed by atoms with Crippen LogP contribution in [-0.2, 0) is 0 Å². The normalized spacial score (nSPS) is 10.8. The predicted octanol–water partition coefficient (Wildman–Crippen LogP) is 2.25. The molecule has 0 radical (unpaired) electrons. The van der Waals surface area contributed by atoms with Crippen LogP contribution >= 0.6 is 11.5 Å². The second-order valence-corrected chi connectivity index (χ2v) is 4.23. The lowest BCUT2D eigenvalue weighted by Crippen LogP contribution is -2.27. The van der Waals surface area contributed by atoms with Crippen LogP contribution in [0.25, 0.3) is 16.9 Å². The van der Waals surface area contributed by atoms with Crippen molar-refractivity contribution >= 4 is 17.2 Å². The molecular formula is C12H10N3S+. The van der Waals surface area contributed by atoms with Crippen molar-refractivity contribution in [3.63, 3.8) is 0 Å². The largest absolute Gasteiger partial charge is 0.361 e. The van der Waals surface area contributed by atoms with Gasteiger partial charge in [-0.05, 0) is 9.47 Å². The van der Waals surface area contributed by atoms with Crippen molar-refractivity contribution in [3.8, 4) is 11.3 Å². The van der Waals surface area contributed by atoms with Gasteiger partial charge >= 0.3 is 5.65 Å². The molecule has 3 rings (SSSR count). The average Bonchev–Trinajstić information content (AvgIpc) is 2.79. The molecule has 3 nitrogen and oxygen atoms in total. The van der Waals surface area contributed by atoms with Crippen molar-refractivity contribution in [3.05, 3.63) is 47.5 Å². The van der Waals surface area contributed by atoms with Gasteiger partial charge in [-0.2, -0.15) is 0 Å². The van der Waals surface area contributed by atoms with Crippen molar-refractivity contribution in [2.24, 2.45) is 0 Å². The molecule has 0 spiro atoms. The smallest absolute Gasteiger partial charge is 0.0869 e. The molecule has 16 heavy (non-hydrogen) atoms. The zero-order valence-electron chi connectivity index (χ0n) is 8.79. The van der Waals surface area contributed by atoms with Gasteiger partial charge in [-0.15, -0.1) is 0 Å². The van der Waals surface area contributed by atoms with Gasteiger partial charge in [0, 0.05) is 30.1 Å². The van der Waals surface area contributed by atoms with Gasteiger partial charge in [-0.25, -0.2) is 0 Å². The molecule has 0 bridgehead atoms. The molecule has 0 unspecified atom stereocenters. The van der Waals surface area contributed by atoms with Crippen LogP contribution in [-0.4, -0.2) is 9.47 Å². The van der Waals surface area contributed by atoms with Crippen molar-refractivity contribution in [1.29, 1.82) is 0 Å². The summed E-state index contributed by atoms with van der Waals surface area (Å²) in [5, 5.41) is 1.96. The molecule has 3 aromatic rings. The second-order valence-electron chi connectivity index (χ2n) is 3.62. The first-order chi connectivity index (χ1) is 7.84. The lowest BCUT2D eigenvalue weighted by molar-refractivity contribution is -0.580. The molecule has 1 aromatic carbocycles. The molecule has 0 saturated carbocycles. The Morgan fingerprint density at radius 2 is 2.00 bits per heavy atom. The summed E-state index contributed by atoms with van der Waals surface area (Å²) in [7, 11) is 0. The Morgan fingerprint density at radius 3 is 2.81 bits per heavy atom. The average molecular weight is 228 g/mol. The number of aromatic nitrogens is 3. The fourth-order valence-electron chi connectivity index (χ4n) is 1.70. The topological polar surface area (TPSA) is 29.9 Å². The fourth-order valence-corrected chi connectivity index (χ4v) is 2.30. The van der Waals surface area contributed by atoms with Crippen LogP contribution in [0.5, 0.6) is 0 Å². The molecule has 0 N–H and O–H groups in total. The van der Waals surface area contributed by atoms with Crippen LogP contribution in [0, 0.1) is 6.92 Å². The molecule has 0 aliphatic carbocycles. The number of benzene rings is 1. The minimum atomic E-state index is 0.906. The highest BCUT2D eigenvalue weighted by Gasteiger charge is 2.14. The SMILES string of the molecule is Cc1cc(-c2ccccc2)nc2csn[n+]12. The van der Waals surface area contributed by atoms with Gasteiger partial charge in [0.2, 0.25) is 0 Å². The first-order valence-electron chi connectivity index (χ1n) is 5.04. The van der Waals surface area contributed by atoms with Crippen LogP contribution in [0.2, 0.25) is 0 Å². The first-order valence-corrected chi connectivity index (χ1v) is 5.88. The molecule has 0 amide bonds. The molecule has 78 valence electrons. The van der Waals surface area contributed by atoms with E-state index in [1.807, 2.05) is 35.0 Å². The molecule has 0 aliphatic heterocycles. The van der Waals surface area contributed by atoms with E-state index in [1.165, 1.54) is 11.5 Å². The molecule has 0 fully saturated rings. The summed E-state index contributed by atoms with van der Waals surface area (Å²) < 4.78 is 6.11. The van der Waals surface area contributed by atoms with Crippen molar-refractivity contribution < 1.29 is 4.52 Å². The monoisotopic (exact) mass is 228 g/mol. The maximum absolute atomic E-state index is 4.58. The van der Waals surface area contributed by atoms with Gasteiger partial charge in [0.05, 0.1) is 0 Å². The molecular weight excluding hydrogens is 218 g/mol. The fraction of sp³-hybridized carbons (Fsp3) is 0.0833. The number of nitrogens with zero attached hydrogens (tertiary/aromatic N) is 3. The first kappa shape index (κ1) is 9.42. The number of hydrogen-bond donors (Lipinski definition) is 0. The highest BCUT2D eigenvalue weighted by molar-refractivity contribution is 7.03. The van der Waals surface area contributed by atoms with Gasteiger partial charge in [0.1, 0.15) is 11.1 Å². The van der Waals surface area contributed by atoms with Crippen LogP contribution in [0.15, 0.2) is 41.8 Å². The number of fused-ring (bicyclic) bond motifs is 1. The van der Waals surface area contributed by atoms with E-state index in [0.29, 0.717) is 0 Å². The summed E-state index contributed by atoms with van der Waals surface area (Å²) in [4.78, 5) is 4.58. The molecule has 0 saturated heterocycles. The standard InChI is InChI=1S/C12H10N3S/c1-9-7-11(10-5-3-2-4-6-10)13-12-8-16-14-15(9)12/h2-8H,1H3/q+1. The maximum atomic E-state index is 4.58. The summed E-state index contributed by atoms with van der Waals surface area (Å²) in [5.74, 6) is 0. The predicted molar refractivity (Wildman–Crippen MR) is 63.2 cm³/mol. The maximum Gasteiger partial charge on any atom is 0.361 e. The van der Waals surface area contributed by atoms with Crippen molar-refractivity contribution in [1.82, 2.24) is 9.47 Å². The number of hydrogen-bond acceptors (Lipinski definition) is 3. The lowest BCUT2D eigenvalue weighted by Gasteiger charge is -1.95. The van der Waals surface area contributed by atoms with Crippen LogP contribution in [0.3, 0.4) is 0 Å². The zero-order chi connectivity index (χ0) is 11.0. The third-order valence-electron chi connectivity index (χ3n) is 2.49. The van der Waals surface area contributed by atoms with Crippen molar-refractivity contribution in [2.75, 3.05) is 0 Å². The van der Waals surface area contributed by atoms with Crippen LogP contribution < -0.4 is 4.52 Å². The zero-order valence-corrected chi connectivity index (χ0v) is 9.61. The summed E-state index contributed by atoms with van der Waals surface area (Å²) in [5.41, 5.74) is 4.14. The van der Waals surface area contributed by atoms with E-state index in [2.05, 4.69) is 27.7 Å². The summed E-state index contributed by atoms with van der Waals surface area (Å²) in [6.45, 7) is 2.04. The van der Waals surface area contributed by atoms with Crippen LogP contribution in [0.4, 0.5) is 0 Å². The highest BCUT2D eigenvalue weighted by atomic mass is 32.1. The minimum absolute atomic E-state index is 0.906. The van der Waals surface area contributed by atoms with E-state index in [-0.39, 0.29) is 0 Å². The lowest BCUT2D eigenvalue weighted by atomic mass is 10.1. The Hall–Kier alpha value is -1.81. The van der Waals surface area contributed by atoms with E-state index in [1.54, 1.807) is 0 Å². The van der Waals surface area contributed by atoms with Crippen molar-refractivity contribution in [2.45, 2.75) is 6.92 Å². The Balaban J connectivity index is 2.25. The summed E-state index contributed by atoms with van der Waals surface area (Å²) in [6.07, 6.45) is 0. The Morgan fingerprint density at radius 1 is 1.19 bits per heavy atom. The van der Waals surface area contributed by atoms with Gasteiger partial charge in [-0.3, -0.25) is 0 Å². The summed E-state index contributed by atoms with van der Waals surface area (Å²) in [6, 6.07) is 12.2. The van der Waals surface area contributed by atoms with Gasteiger partial charge in [-0.1, -0.05) is 34.8 Å². The van der Waals surface area contributed by atoms with Gasteiger partial charge in [0.15, 0.2) is 5.69 Å². The van der Waals surface area contributed by atoms with E-state index < -0.39 is 0 Å². The van der Waals surface area contributed by atoms with Gasteiger partial charge in [0.25, 0.3) is 0 Å². The summed E-state index contributed by atoms with van der Waals surface area (Å²) >= 11 is 1.42. The van der Waals surface area contributed by atoms with E-state index in [0.717, 1.165) is 22.6 Å².